The molecule has 0 unspecified atom stereocenters. The lowest BCUT2D eigenvalue weighted by atomic mass is 10.1. The van der Waals surface area contributed by atoms with Crippen LogP contribution in [-0.2, 0) is 20.7 Å². The highest BCUT2D eigenvalue weighted by atomic mass is 32.2. The van der Waals surface area contributed by atoms with E-state index in [1.807, 2.05) is 12.1 Å². The highest BCUT2D eigenvalue weighted by molar-refractivity contribution is 8.00. The van der Waals surface area contributed by atoms with Gasteiger partial charge in [0.15, 0.2) is 0 Å². The van der Waals surface area contributed by atoms with Crippen molar-refractivity contribution in [1.29, 1.82) is 0 Å². The molecule has 23 heavy (non-hydrogen) atoms. The van der Waals surface area contributed by atoms with Crippen molar-refractivity contribution in [3.63, 3.8) is 0 Å². The monoisotopic (exact) mass is 334 g/mol. The third-order valence-corrected chi connectivity index (χ3v) is 5.70. The highest BCUT2D eigenvalue weighted by Gasteiger charge is 2.32. The van der Waals surface area contributed by atoms with Crippen molar-refractivity contribution in [2.24, 2.45) is 0 Å². The minimum atomic E-state index is -0.263. The molecule has 2 aliphatic heterocycles. The van der Waals surface area contributed by atoms with Crippen LogP contribution in [0.25, 0.3) is 0 Å². The Bertz CT molecular complexity index is 607. The fourth-order valence-electron chi connectivity index (χ4n) is 3.27. The van der Waals surface area contributed by atoms with E-state index in [1.54, 1.807) is 16.7 Å². The Morgan fingerprint density at radius 3 is 2.91 bits per heavy atom. The van der Waals surface area contributed by atoms with Crippen LogP contribution < -0.4 is 4.90 Å². The first-order chi connectivity index (χ1) is 11.1. The van der Waals surface area contributed by atoms with Crippen molar-refractivity contribution in [3.05, 3.63) is 29.8 Å². The number of benzene rings is 1. The summed E-state index contributed by atoms with van der Waals surface area (Å²) in [7, 11) is 1.40. The molecule has 1 aromatic carbocycles. The van der Waals surface area contributed by atoms with Gasteiger partial charge in [-0.3, -0.25) is 9.59 Å². The molecule has 1 amide bonds. The van der Waals surface area contributed by atoms with Gasteiger partial charge in [0.25, 0.3) is 0 Å². The van der Waals surface area contributed by atoms with Crippen molar-refractivity contribution in [1.82, 2.24) is 4.90 Å². The molecule has 1 fully saturated rings. The molecule has 0 N–H and O–H groups in total. The van der Waals surface area contributed by atoms with E-state index in [4.69, 9.17) is 4.74 Å². The Kier molecular flexibility index (Phi) is 4.80. The number of hydrogen-bond donors (Lipinski definition) is 0. The number of amides is 1. The Balaban J connectivity index is 1.66. The molecule has 0 spiro atoms. The Labute approximate surface area is 141 Å². The topological polar surface area (TPSA) is 49.9 Å². The molecule has 2 aliphatic rings. The predicted molar refractivity (Wildman–Crippen MR) is 91.8 cm³/mol. The second-order valence-electron chi connectivity index (χ2n) is 6.03. The molecule has 3 rings (SSSR count). The first-order valence-corrected chi connectivity index (χ1v) is 8.96. The van der Waals surface area contributed by atoms with Crippen LogP contribution >= 0.6 is 11.8 Å². The minimum Gasteiger partial charge on any atom is -0.468 e. The average molecular weight is 334 g/mol. The third-order valence-electron chi connectivity index (χ3n) is 4.54. The summed E-state index contributed by atoms with van der Waals surface area (Å²) < 4.78 is 4.81. The van der Waals surface area contributed by atoms with E-state index in [2.05, 4.69) is 24.0 Å². The van der Waals surface area contributed by atoms with Gasteiger partial charge in [-0.25, -0.2) is 0 Å². The van der Waals surface area contributed by atoms with Gasteiger partial charge >= 0.3 is 5.97 Å². The van der Waals surface area contributed by atoms with E-state index in [0.29, 0.717) is 25.7 Å². The zero-order chi connectivity index (χ0) is 16.4. The molecular formula is C17H22N2O3S. The smallest absolute Gasteiger partial charge is 0.320 e. The van der Waals surface area contributed by atoms with Crippen LogP contribution in [0, 0.1) is 0 Å². The minimum absolute atomic E-state index is 0.0859. The average Bonchev–Trinajstić information content (AvgIpc) is 2.90. The largest absolute Gasteiger partial charge is 0.468 e. The Morgan fingerprint density at radius 2 is 2.13 bits per heavy atom. The van der Waals surface area contributed by atoms with Gasteiger partial charge in [-0.2, -0.15) is 0 Å². The zero-order valence-electron chi connectivity index (χ0n) is 13.5. The zero-order valence-corrected chi connectivity index (χ0v) is 14.3. The van der Waals surface area contributed by atoms with Gasteiger partial charge in [0.2, 0.25) is 5.91 Å². The predicted octanol–water partition coefficient (Wildman–Crippen LogP) is 1.55. The molecule has 5 nitrogen and oxygen atoms in total. The third kappa shape index (κ3) is 3.32. The van der Waals surface area contributed by atoms with Crippen molar-refractivity contribution in [2.45, 2.75) is 24.6 Å². The fraction of sp³-hybridized carbons (Fsp3) is 0.529. The molecule has 2 atom stereocenters. The number of carbonyl (C=O) groups is 2. The van der Waals surface area contributed by atoms with Crippen LogP contribution in [0.4, 0.5) is 5.69 Å². The molecule has 2 heterocycles. The summed E-state index contributed by atoms with van der Waals surface area (Å²) in [5.74, 6) is 0.618. The quantitative estimate of drug-likeness (QED) is 0.785. The Hall–Kier alpha value is -1.69. The normalized spacial score (nSPS) is 23.6. The molecule has 0 aromatic heterocycles. The number of methoxy groups -OCH3 is 1. The van der Waals surface area contributed by atoms with Crippen LogP contribution in [0.1, 0.15) is 12.5 Å². The summed E-state index contributed by atoms with van der Waals surface area (Å²) in [5, 5.41) is -0.263. The summed E-state index contributed by atoms with van der Waals surface area (Å²) in [4.78, 5) is 28.4. The summed E-state index contributed by atoms with van der Waals surface area (Å²) in [6, 6.07) is 8.59. The van der Waals surface area contributed by atoms with Crippen LogP contribution in [0.3, 0.4) is 0 Å². The summed E-state index contributed by atoms with van der Waals surface area (Å²) in [6.45, 7) is 3.66. The Morgan fingerprint density at radius 1 is 1.35 bits per heavy atom. The molecule has 0 radical (unpaired) electrons. The molecule has 0 aliphatic carbocycles. The number of carbonyl (C=O) groups excluding carboxylic acids is 2. The van der Waals surface area contributed by atoms with Crippen molar-refractivity contribution >= 4 is 29.3 Å². The molecule has 1 saturated heterocycles. The van der Waals surface area contributed by atoms with Crippen molar-refractivity contribution < 1.29 is 14.3 Å². The maximum absolute atomic E-state index is 12.7. The fourth-order valence-corrected chi connectivity index (χ4v) is 4.39. The second-order valence-corrected chi connectivity index (χ2v) is 7.34. The van der Waals surface area contributed by atoms with E-state index in [9.17, 15) is 9.59 Å². The SMILES string of the molecule is COC(=O)[C@@H]1CN(C(=O)CN2c3ccccc3C[C@H]2C)CCS1. The van der Waals surface area contributed by atoms with Crippen LogP contribution in [0.15, 0.2) is 24.3 Å². The number of rotatable bonds is 3. The summed E-state index contributed by atoms with van der Waals surface area (Å²) in [5.41, 5.74) is 2.46. The molecular weight excluding hydrogens is 312 g/mol. The molecule has 1 aromatic rings. The number of esters is 1. The second kappa shape index (κ2) is 6.83. The van der Waals surface area contributed by atoms with Gasteiger partial charge in [-0.15, -0.1) is 11.8 Å². The van der Waals surface area contributed by atoms with E-state index < -0.39 is 0 Å². The lowest BCUT2D eigenvalue weighted by molar-refractivity contribution is -0.141. The lowest BCUT2D eigenvalue weighted by Crippen LogP contribution is -2.49. The van der Waals surface area contributed by atoms with Gasteiger partial charge in [-0.1, -0.05) is 18.2 Å². The van der Waals surface area contributed by atoms with Gasteiger partial charge < -0.3 is 14.5 Å². The van der Waals surface area contributed by atoms with Crippen LogP contribution in [-0.4, -0.2) is 60.6 Å². The summed E-state index contributed by atoms with van der Waals surface area (Å²) in [6.07, 6.45) is 0.976. The van der Waals surface area contributed by atoms with Gasteiger partial charge in [0, 0.05) is 30.6 Å². The number of nitrogens with zero attached hydrogens (tertiary/aromatic N) is 2. The standard InChI is InChI=1S/C17H22N2O3S/c1-12-9-13-5-3-4-6-14(13)19(12)11-16(20)18-7-8-23-15(10-18)17(21)22-2/h3-6,12,15H,7-11H2,1-2H3/t12-,15+/m1/s1. The van der Waals surface area contributed by atoms with Crippen molar-refractivity contribution in [2.75, 3.05) is 37.4 Å². The van der Waals surface area contributed by atoms with Gasteiger partial charge in [0.1, 0.15) is 5.25 Å². The maximum atomic E-state index is 12.7. The number of anilines is 1. The van der Waals surface area contributed by atoms with Crippen LogP contribution in [0.2, 0.25) is 0 Å². The van der Waals surface area contributed by atoms with E-state index >= 15 is 0 Å². The molecule has 6 heteroatoms. The summed E-state index contributed by atoms with van der Waals surface area (Å²) >= 11 is 1.57. The van der Waals surface area contributed by atoms with Crippen molar-refractivity contribution in [3.8, 4) is 0 Å². The maximum Gasteiger partial charge on any atom is 0.320 e. The first-order valence-electron chi connectivity index (χ1n) is 7.92. The number of ether oxygens (including phenoxy) is 1. The molecule has 0 bridgehead atoms. The van der Waals surface area contributed by atoms with Gasteiger partial charge in [-0.05, 0) is 25.0 Å². The first kappa shape index (κ1) is 16.2. The van der Waals surface area contributed by atoms with E-state index in [0.717, 1.165) is 17.9 Å². The number of thioether (sulfide) groups is 1. The number of hydrogen-bond acceptors (Lipinski definition) is 5. The molecule has 0 saturated carbocycles. The van der Waals surface area contributed by atoms with E-state index in [-0.39, 0.29) is 17.1 Å². The van der Waals surface area contributed by atoms with Crippen LogP contribution in [0.5, 0.6) is 0 Å². The molecule has 124 valence electrons. The number of para-hydroxylation sites is 1. The number of fused-ring (bicyclic) bond motifs is 1. The van der Waals surface area contributed by atoms with Gasteiger partial charge in [0.05, 0.1) is 13.7 Å². The van der Waals surface area contributed by atoms with E-state index in [1.165, 1.54) is 12.7 Å². The lowest BCUT2D eigenvalue weighted by Gasteiger charge is -2.33. The highest BCUT2D eigenvalue weighted by Crippen LogP contribution is 2.31.